The van der Waals surface area contributed by atoms with Crippen molar-refractivity contribution in [1.29, 1.82) is 0 Å². The minimum Gasteiger partial charge on any atom is -0.367 e. The van der Waals surface area contributed by atoms with Crippen molar-refractivity contribution in [1.82, 2.24) is 14.6 Å². The lowest BCUT2D eigenvalue weighted by Gasteiger charge is -2.23. The van der Waals surface area contributed by atoms with Crippen LogP contribution in [0.15, 0.2) is 48.4 Å². The van der Waals surface area contributed by atoms with Crippen LogP contribution >= 0.6 is 0 Å². The Morgan fingerprint density at radius 3 is 2.79 bits per heavy atom. The van der Waals surface area contributed by atoms with Crippen molar-refractivity contribution in [2.75, 3.05) is 5.32 Å². The van der Waals surface area contributed by atoms with Crippen LogP contribution in [0.25, 0.3) is 0 Å². The average Bonchev–Trinajstić information content (AvgIpc) is 3.15. The zero-order valence-electron chi connectivity index (χ0n) is 20.0. The summed E-state index contributed by atoms with van der Waals surface area (Å²) < 4.78 is 4.68. The van der Waals surface area contributed by atoms with E-state index in [0.717, 1.165) is 41.9 Å². The molecule has 2 aromatic rings. The van der Waals surface area contributed by atoms with Gasteiger partial charge in [0.15, 0.2) is 0 Å². The minimum atomic E-state index is 0.305. The molecule has 1 atom stereocenters. The molecule has 5 nitrogen and oxygen atoms in total. The Bertz CT molecular complexity index is 1110. The van der Waals surface area contributed by atoms with Crippen LogP contribution in [-0.2, 0) is 4.79 Å². The predicted octanol–water partition coefficient (Wildman–Crippen LogP) is 5.53. The maximum Gasteiger partial charge on any atom is 0.316 e. The fourth-order valence-corrected chi connectivity index (χ4v) is 5.61. The van der Waals surface area contributed by atoms with E-state index in [-0.39, 0.29) is 0 Å². The summed E-state index contributed by atoms with van der Waals surface area (Å²) >= 11 is 0. The van der Waals surface area contributed by atoms with Gasteiger partial charge in [0, 0.05) is 43.4 Å². The maximum absolute atomic E-state index is 13.0. The van der Waals surface area contributed by atoms with Crippen LogP contribution in [-0.4, -0.2) is 33.7 Å². The van der Waals surface area contributed by atoms with Gasteiger partial charge in [-0.2, -0.15) is 0 Å². The van der Waals surface area contributed by atoms with Crippen molar-refractivity contribution in [3.05, 3.63) is 65.1 Å². The van der Waals surface area contributed by atoms with Gasteiger partial charge in [-0.25, -0.2) is 4.98 Å². The second-order valence-electron chi connectivity index (χ2n) is 9.99. The number of anilines is 1. The van der Waals surface area contributed by atoms with Gasteiger partial charge >= 0.3 is 11.9 Å². The third-order valence-electron chi connectivity index (χ3n) is 7.45. The molecule has 2 aromatic heterocycles. The molecule has 0 aromatic carbocycles. The summed E-state index contributed by atoms with van der Waals surface area (Å²) in [7, 11) is 0. The summed E-state index contributed by atoms with van der Waals surface area (Å²) in [6.07, 6.45) is 22.5. The van der Waals surface area contributed by atoms with Crippen LogP contribution in [0.4, 0.5) is 5.82 Å². The molecule has 0 bridgehead atoms. The number of ketones is 1. The number of carbonyl (C=O) groups is 1. The van der Waals surface area contributed by atoms with Gasteiger partial charge in [-0.1, -0.05) is 48.1 Å². The Morgan fingerprint density at radius 1 is 1.06 bits per heavy atom. The predicted molar refractivity (Wildman–Crippen MR) is 139 cm³/mol. The van der Waals surface area contributed by atoms with E-state index in [2.05, 4.69) is 32.1 Å². The van der Waals surface area contributed by atoms with E-state index in [0.29, 0.717) is 37.0 Å². The Labute approximate surface area is 202 Å². The molecule has 1 fully saturated rings. The summed E-state index contributed by atoms with van der Waals surface area (Å²) in [6, 6.07) is 6.67. The lowest BCUT2D eigenvalue weighted by molar-refractivity contribution is -0.118. The Balaban J connectivity index is 1.21. The number of hydrogen-bond acceptors (Lipinski definition) is 4. The summed E-state index contributed by atoms with van der Waals surface area (Å²) in [5, 5.41) is 3.68. The third kappa shape index (κ3) is 5.53. The van der Waals surface area contributed by atoms with Gasteiger partial charge in [0.2, 0.25) is 0 Å². The molecule has 0 saturated heterocycles. The Kier molecular flexibility index (Phi) is 7.31. The first-order valence-electron chi connectivity index (χ1n) is 13.0. The SMILES string of the molecule is O=C(CCC1=[N+]=Cc2ccnc(NC3CCCCC3)c21)CC1=CC(c2cccnc2)CCCC1. The first kappa shape index (κ1) is 22.7. The number of aromatic nitrogens is 2. The summed E-state index contributed by atoms with van der Waals surface area (Å²) in [5.41, 5.74) is 5.76. The van der Waals surface area contributed by atoms with Crippen molar-refractivity contribution in [3.8, 4) is 0 Å². The molecule has 5 heteroatoms. The highest BCUT2D eigenvalue weighted by molar-refractivity contribution is 6.15. The molecular formula is C29H35N4O+. The highest BCUT2D eigenvalue weighted by Gasteiger charge is 2.30. The number of rotatable bonds is 8. The second-order valence-corrected chi connectivity index (χ2v) is 9.99. The zero-order chi connectivity index (χ0) is 23.2. The highest BCUT2D eigenvalue weighted by atomic mass is 16.1. The Hall–Kier alpha value is -3.04. The number of pyridine rings is 2. The summed E-state index contributed by atoms with van der Waals surface area (Å²) in [6.45, 7) is 0. The maximum atomic E-state index is 13.0. The molecule has 1 N–H and O–H groups in total. The van der Waals surface area contributed by atoms with E-state index >= 15 is 0 Å². The van der Waals surface area contributed by atoms with Gasteiger partial charge in [-0.3, -0.25) is 9.78 Å². The molecule has 3 aliphatic rings. The minimum absolute atomic E-state index is 0.305. The molecule has 5 rings (SSSR count). The summed E-state index contributed by atoms with van der Waals surface area (Å²) in [4.78, 5) is 21.9. The monoisotopic (exact) mass is 455 g/mol. The van der Waals surface area contributed by atoms with Crippen molar-refractivity contribution in [2.45, 2.75) is 89.0 Å². The molecule has 3 heterocycles. The zero-order valence-corrected chi connectivity index (χ0v) is 20.0. The van der Waals surface area contributed by atoms with Crippen molar-refractivity contribution in [3.63, 3.8) is 0 Å². The molecular weight excluding hydrogens is 420 g/mol. The number of Topliss-reactive ketones (excluding diaryl/α,β-unsaturated/α-hetero) is 1. The third-order valence-corrected chi connectivity index (χ3v) is 7.45. The van der Waals surface area contributed by atoms with Gasteiger partial charge in [-0.05, 0) is 49.8 Å². The van der Waals surface area contributed by atoms with Crippen LogP contribution in [0.3, 0.4) is 0 Å². The number of nitrogens with one attached hydrogen (secondary N) is 1. The fourth-order valence-electron chi connectivity index (χ4n) is 5.61. The van der Waals surface area contributed by atoms with E-state index in [4.69, 9.17) is 0 Å². The second kappa shape index (κ2) is 10.9. The van der Waals surface area contributed by atoms with Crippen molar-refractivity contribution < 1.29 is 4.79 Å². The van der Waals surface area contributed by atoms with E-state index in [9.17, 15) is 4.79 Å². The number of fused-ring (bicyclic) bond motifs is 1. The quantitative estimate of drug-likeness (QED) is 0.419. The molecule has 0 spiro atoms. The van der Waals surface area contributed by atoms with Crippen LogP contribution in [0.5, 0.6) is 0 Å². The molecule has 1 aliphatic heterocycles. The standard InChI is InChI=1S/C29H34N4O/c34-26(18-21-7-4-5-8-22(17-21)23-9-6-15-30-19-23)12-13-27-28-24(20-32-27)14-16-31-29(28)33-25-10-2-1-3-11-25/h6,9,14-17,19-20,22,25H,1-5,7-8,10-13,18H2/p+1. The molecule has 1 unspecified atom stereocenters. The van der Waals surface area contributed by atoms with Crippen LogP contribution in [0.1, 0.15) is 99.7 Å². The first-order chi connectivity index (χ1) is 16.8. The van der Waals surface area contributed by atoms with Crippen molar-refractivity contribution in [2.24, 2.45) is 0 Å². The number of hydrogen-bond donors (Lipinski definition) is 1. The molecule has 0 amide bonds. The van der Waals surface area contributed by atoms with Gasteiger partial charge < -0.3 is 5.32 Å². The van der Waals surface area contributed by atoms with E-state index in [1.165, 1.54) is 49.7 Å². The number of nitrogens with zero attached hydrogens (tertiary/aromatic N) is 3. The van der Waals surface area contributed by atoms with Crippen LogP contribution < -0.4 is 9.98 Å². The number of carbonyl (C=O) groups excluding carboxylic acids is 1. The van der Waals surface area contributed by atoms with Gasteiger partial charge in [-0.15, -0.1) is 0 Å². The lowest BCUT2D eigenvalue weighted by Crippen LogP contribution is -2.24. The van der Waals surface area contributed by atoms with Gasteiger partial charge in [0.25, 0.3) is 0 Å². The smallest absolute Gasteiger partial charge is 0.316 e. The van der Waals surface area contributed by atoms with Crippen LogP contribution in [0, 0.1) is 0 Å². The van der Waals surface area contributed by atoms with E-state index < -0.39 is 0 Å². The highest BCUT2D eigenvalue weighted by Crippen LogP contribution is 2.31. The topological polar surface area (TPSA) is 69.0 Å². The van der Waals surface area contributed by atoms with E-state index in [1.54, 1.807) is 0 Å². The first-order valence-corrected chi connectivity index (χ1v) is 13.0. The van der Waals surface area contributed by atoms with E-state index in [1.807, 2.05) is 36.9 Å². The van der Waals surface area contributed by atoms with Crippen molar-refractivity contribution >= 4 is 23.5 Å². The fraction of sp³-hybridized carbons (Fsp3) is 0.483. The Morgan fingerprint density at radius 2 is 1.94 bits per heavy atom. The molecule has 1 saturated carbocycles. The molecule has 2 aliphatic carbocycles. The van der Waals surface area contributed by atoms with Gasteiger partial charge in [0.05, 0.1) is 12.0 Å². The van der Waals surface area contributed by atoms with Crippen LogP contribution in [0.2, 0.25) is 0 Å². The lowest BCUT2D eigenvalue weighted by atomic mass is 9.93. The molecule has 176 valence electrons. The molecule has 0 radical (unpaired) electrons. The summed E-state index contributed by atoms with van der Waals surface area (Å²) in [5.74, 6) is 1.62. The normalized spacial score (nSPS) is 20.3. The average molecular weight is 456 g/mol. The van der Waals surface area contributed by atoms with Gasteiger partial charge in [0.1, 0.15) is 17.2 Å². The number of allylic oxidation sites excluding steroid dienone is 2. The largest absolute Gasteiger partial charge is 0.367 e. The molecule has 34 heavy (non-hydrogen) atoms.